The first-order chi connectivity index (χ1) is 16.3. The first-order valence-corrected chi connectivity index (χ1v) is 11.0. The molecule has 1 aliphatic heterocycles. The maximum absolute atomic E-state index is 13.4. The molecule has 1 N–H and O–H groups in total. The summed E-state index contributed by atoms with van der Waals surface area (Å²) in [4.78, 5) is 50.2. The van der Waals surface area contributed by atoms with E-state index in [4.69, 9.17) is 0 Å². The number of nitro groups is 1. The second kappa shape index (κ2) is 8.22. The number of carbonyl (C=O) groups is 3. The van der Waals surface area contributed by atoms with Crippen molar-refractivity contribution in [2.24, 2.45) is 5.92 Å². The van der Waals surface area contributed by atoms with E-state index in [2.05, 4.69) is 5.43 Å². The SMILES string of the molecule is CC1=CC[C@@H](C(=O)NN2C(=O)c3cccc4cccc(c34)C2=O)[C@H](c2ccc([N+](=O)[O-])cc2)C1. The molecule has 2 atom stereocenters. The van der Waals surface area contributed by atoms with Crippen molar-refractivity contribution < 1.29 is 19.3 Å². The van der Waals surface area contributed by atoms with Gasteiger partial charge in [0.2, 0.25) is 5.91 Å². The summed E-state index contributed by atoms with van der Waals surface area (Å²) in [7, 11) is 0. The number of nitrogens with one attached hydrogen (secondary N) is 1. The van der Waals surface area contributed by atoms with Gasteiger partial charge in [0.25, 0.3) is 17.5 Å². The number of nitro benzene ring substituents is 1. The summed E-state index contributed by atoms with van der Waals surface area (Å²) < 4.78 is 0. The molecule has 0 bridgehead atoms. The van der Waals surface area contributed by atoms with Crippen molar-refractivity contribution >= 4 is 34.2 Å². The highest BCUT2D eigenvalue weighted by Gasteiger charge is 2.38. The van der Waals surface area contributed by atoms with Crippen LogP contribution in [0.3, 0.4) is 0 Å². The predicted molar refractivity (Wildman–Crippen MR) is 125 cm³/mol. The van der Waals surface area contributed by atoms with Crippen LogP contribution in [0.15, 0.2) is 72.3 Å². The molecule has 8 nitrogen and oxygen atoms in total. The van der Waals surface area contributed by atoms with Gasteiger partial charge >= 0.3 is 0 Å². The lowest BCUT2D eigenvalue weighted by molar-refractivity contribution is -0.384. The summed E-state index contributed by atoms with van der Waals surface area (Å²) in [6.45, 7) is 1.97. The zero-order valence-electron chi connectivity index (χ0n) is 18.4. The van der Waals surface area contributed by atoms with Crippen molar-refractivity contribution in [2.75, 3.05) is 0 Å². The number of hydrazine groups is 1. The fourth-order valence-corrected chi connectivity index (χ4v) is 4.87. The highest BCUT2D eigenvalue weighted by molar-refractivity contribution is 6.25. The standard InChI is InChI=1S/C26H21N3O5/c1-15-8-13-19(22(14-15)16-9-11-18(12-10-16)29(33)34)24(30)27-28-25(31)20-6-2-4-17-5-3-7-21(23(17)20)26(28)32/h2-12,19,22H,13-14H2,1H3,(H,27,30)/t19-,22+/m1/s1. The highest BCUT2D eigenvalue weighted by atomic mass is 16.6. The number of benzene rings is 3. The molecule has 0 aromatic heterocycles. The van der Waals surface area contributed by atoms with Gasteiger partial charge in [-0.05, 0) is 48.8 Å². The van der Waals surface area contributed by atoms with Crippen LogP contribution < -0.4 is 5.43 Å². The Morgan fingerprint density at radius 3 is 2.21 bits per heavy atom. The first kappa shape index (κ1) is 21.5. The van der Waals surface area contributed by atoms with Crippen LogP contribution in [0, 0.1) is 16.0 Å². The maximum Gasteiger partial charge on any atom is 0.280 e. The van der Waals surface area contributed by atoms with E-state index >= 15 is 0 Å². The van der Waals surface area contributed by atoms with Crippen LogP contribution in [0.1, 0.15) is 52.0 Å². The van der Waals surface area contributed by atoms with Crippen LogP contribution in [0.2, 0.25) is 0 Å². The zero-order valence-corrected chi connectivity index (χ0v) is 18.4. The summed E-state index contributed by atoms with van der Waals surface area (Å²) in [5.74, 6) is -2.37. The fourth-order valence-electron chi connectivity index (χ4n) is 4.87. The maximum atomic E-state index is 13.4. The summed E-state index contributed by atoms with van der Waals surface area (Å²) in [5.41, 5.74) is 5.18. The van der Waals surface area contributed by atoms with Crippen LogP contribution in [0.5, 0.6) is 0 Å². The van der Waals surface area contributed by atoms with Gasteiger partial charge < -0.3 is 0 Å². The molecule has 0 saturated carbocycles. The average molecular weight is 455 g/mol. The van der Waals surface area contributed by atoms with Crippen molar-refractivity contribution in [1.82, 2.24) is 10.4 Å². The molecule has 3 aromatic rings. The lowest BCUT2D eigenvalue weighted by Gasteiger charge is -2.33. The third-order valence-corrected chi connectivity index (χ3v) is 6.61. The molecular formula is C26H21N3O5. The van der Waals surface area contributed by atoms with Crippen LogP contribution in [0.25, 0.3) is 10.8 Å². The van der Waals surface area contributed by atoms with Crippen LogP contribution in [-0.4, -0.2) is 27.7 Å². The third-order valence-electron chi connectivity index (χ3n) is 6.61. The number of non-ortho nitro benzene ring substituents is 1. The Hall–Kier alpha value is -4.33. The number of hydrogen-bond donors (Lipinski definition) is 1. The molecule has 5 rings (SSSR count). The van der Waals surface area contributed by atoms with E-state index in [0.717, 1.165) is 21.5 Å². The van der Waals surface area contributed by atoms with Gasteiger partial charge in [-0.15, -0.1) is 0 Å². The van der Waals surface area contributed by atoms with E-state index in [1.807, 2.05) is 25.1 Å². The number of carbonyl (C=O) groups excluding carboxylic acids is 3. The van der Waals surface area contributed by atoms with Crippen molar-refractivity contribution in [2.45, 2.75) is 25.7 Å². The molecule has 8 heteroatoms. The van der Waals surface area contributed by atoms with E-state index in [1.54, 1.807) is 36.4 Å². The predicted octanol–water partition coefficient (Wildman–Crippen LogP) is 4.52. The number of rotatable bonds is 4. The largest absolute Gasteiger partial charge is 0.280 e. The van der Waals surface area contributed by atoms with Gasteiger partial charge in [-0.2, -0.15) is 5.01 Å². The minimum absolute atomic E-state index is 0.0230. The first-order valence-electron chi connectivity index (χ1n) is 11.0. The second-order valence-corrected chi connectivity index (χ2v) is 8.68. The summed E-state index contributed by atoms with van der Waals surface area (Å²) in [6, 6.07) is 16.6. The Labute approximate surface area is 195 Å². The van der Waals surface area contributed by atoms with Crippen LogP contribution >= 0.6 is 0 Å². The molecule has 0 saturated heterocycles. The lowest BCUT2D eigenvalue weighted by atomic mass is 9.75. The molecule has 1 heterocycles. The summed E-state index contributed by atoms with van der Waals surface area (Å²) in [6.07, 6.45) is 3.00. The van der Waals surface area contributed by atoms with Gasteiger partial charge in [-0.1, -0.05) is 48.0 Å². The minimum atomic E-state index is -0.572. The molecule has 0 unspecified atom stereocenters. The van der Waals surface area contributed by atoms with Gasteiger partial charge in [0.15, 0.2) is 0 Å². The fraction of sp³-hybridized carbons (Fsp3) is 0.192. The zero-order chi connectivity index (χ0) is 24.0. The molecule has 170 valence electrons. The summed E-state index contributed by atoms with van der Waals surface area (Å²) >= 11 is 0. The van der Waals surface area contributed by atoms with Crippen molar-refractivity contribution in [3.63, 3.8) is 0 Å². The second-order valence-electron chi connectivity index (χ2n) is 8.68. The molecule has 1 aliphatic carbocycles. The molecule has 0 spiro atoms. The number of allylic oxidation sites excluding steroid dienone is 2. The molecule has 0 radical (unpaired) electrons. The van der Waals surface area contributed by atoms with E-state index in [1.165, 1.54) is 12.1 Å². The van der Waals surface area contributed by atoms with Gasteiger partial charge in [0, 0.05) is 17.5 Å². The Balaban J connectivity index is 1.44. The van der Waals surface area contributed by atoms with Gasteiger partial charge in [0.05, 0.1) is 22.0 Å². The molecule has 3 amide bonds. The molecule has 0 fully saturated rings. The quantitative estimate of drug-likeness (QED) is 0.269. The average Bonchev–Trinajstić information content (AvgIpc) is 2.85. The van der Waals surface area contributed by atoms with Gasteiger partial charge in [-0.3, -0.25) is 29.9 Å². The van der Waals surface area contributed by atoms with Crippen LogP contribution in [-0.2, 0) is 4.79 Å². The minimum Gasteiger partial charge on any atom is -0.273 e. The van der Waals surface area contributed by atoms with Gasteiger partial charge in [-0.25, -0.2) is 0 Å². The Morgan fingerprint density at radius 2 is 1.62 bits per heavy atom. The van der Waals surface area contributed by atoms with Crippen LogP contribution in [0.4, 0.5) is 5.69 Å². The van der Waals surface area contributed by atoms with Crippen molar-refractivity contribution in [3.05, 3.63) is 99.1 Å². The smallest absolute Gasteiger partial charge is 0.273 e. The molecular weight excluding hydrogens is 434 g/mol. The van der Waals surface area contributed by atoms with Crippen molar-refractivity contribution in [3.8, 4) is 0 Å². The number of imide groups is 1. The van der Waals surface area contributed by atoms with E-state index in [9.17, 15) is 24.5 Å². The third kappa shape index (κ3) is 3.53. The molecule has 3 aromatic carbocycles. The highest BCUT2D eigenvalue weighted by Crippen LogP contribution is 2.38. The monoisotopic (exact) mass is 455 g/mol. The number of amides is 3. The Kier molecular flexibility index (Phi) is 5.20. The lowest BCUT2D eigenvalue weighted by Crippen LogP contribution is -2.53. The summed E-state index contributed by atoms with van der Waals surface area (Å²) in [5, 5.41) is 13.2. The van der Waals surface area contributed by atoms with E-state index < -0.39 is 28.6 Å². The normalized spacial score (nSPS) is 19.7. The van der Waals surface area contributed by atoms with Gasteiger partial charge in [0.1, 0.15) is 0 Å². The number of hydrogen-bond acceptors (Lipinski definition) is 5. The Morgan fingerprint density at radius 1 is 1.00 bits per heavy atom. The number of nitrogens with zero attached hydrogens (tertiary/aromatic N) is 2. The molecule has 2 aliphatic rings. The van der Waals surface area contributed by atoms with Crippen molar-refractivity contribution in [1.29, 1.82) is 0 Å². The topological polar surface area (TPSA) is 110 Å². The van der Waals surface area contributed by atoms with E-state index in [-0.39, 0.29) is 11.6 Å². The Bertz CT molecular complexity index is 1340. The molecule has 34 heavy (non-hydrogen) atoms. The van der Waals surface area contributed by atoms with E-state index in [0.29, 0.717) is 29.4 Å².